The van der Waals surface area contributed by atoms with E-state index in [-0.39, 0.29) is 18.2 Å². The number of ether oxygens (including phenoxy) is 1. The van der Waals surface area contributed by atoms with Crippen LogP contribution < -0.4 is 15.4 Å². The molecule has 4 rings (SSSR count). The molecule has 2 aromatic carbocycles. The lowest BCUT2D eigenvalue weighted by atomic mass is 10.1. The second kappa shape index (κ2) is 10.2. The van der Waals surface area contributed by atoms with Crippen LogP contribution in [0.5, 0.6) is 11.5 Å². The van der Waals surface area contributed by atoms with Gasteiger partial charge in [-0.3, -0.25) is 0 Å². The summed E-state index contributed by atoms with van der Waals surface area (Å²) in [5.41, 5.74) is 2.46. The number of rotatable bonds is 9. The lowest BCUT2D eigenvalue weighted by molar-refractivity contribution is 0.415. The van der Waals surface area contributed by atoms with Gasteiger partial charge in [-0.15, -0.1) is 5.11 Å². The third kappa shape index (κ3) is 6.03. The van der Waals surface area contributed by atoms with E-state index in [0.29, 0.717) is 24.0 Å². The van der Waals surface area contributed by atoms with Gasteiger partial charge < -0.3 is 24.9 Å². The number of furan rings is 1. The summed E-state index contributed by atoms with van der Waals surface area (Å²) in [5, 5.41) is 24.5. The van der Waals surface area contributed by atoms with Crippen LogP contribution in [0.15, 0.2) is 75.5 Å². The number of azo groups is 1. The highest BCUT2D eigenvalue weighted by Crippen LogP contribution is 2.22. The number of anilines is 3. The maximum Gasteiger partial charge on any atom is 0.275 e. The minimum Gasteiger partial charge on any atom is -0.508 e. The van der Waals surface area contributed by atoms with Gasteiger partial charge in [0.25, 0.3) is 5.95 Å². The zero-order valence-corrected chi connectivity index (χ0v) is 18.2. The minimum absolute atomic E-state index is 0.120. The van der Waals surface area contributed by atoms with Gasteiger partial charge >= 0.3 is 0 Å². The Balaban J connectivity index is 1.54. The predicted molar refractivity (Wildman–Crippen MR) is 123 cm³/mol. The normalized spacial score (nSPS) is 11.0. The van der Waals surface area contributed by atoms with Gasteiger partial charge in [0.15, 0.2) is 0 Å². The molecule has 0 unspecified atom stereocenters. The molecule has 0 aliphatic carbocycles. The fraction of sp³-hybridized carbons (Fsp3) is 0.174. The molecule has 0 saturated carbocycles. The SMILES string of the molecule is COc1ccc(Nc2nc(N=NCc3cc(C)ccc3O)nc(NCc3ccco3)n2)cc1. The van der Waals surface area contributed by atoms with Crippen molar-refractivity contribution in [2.75, 3.05) is 17.7 Å². The minimum atomic E-state index is 0.120. The molecule has 3 N–H and O–H groups in total. The van der Waals surface area contributed by atoms with E-state index in [1.807, 2.05) is 49.4 Å². The number of phenols is 1. The molecule has 2 heterocycles. The molecule has 0 aliphatic rings. The molecule has 0 saturated heterocycles. The van der Waals surface area contributed by atoms with Crippen molar-refractivity contribution in [2.45, 2.75) is 20.0 Å². The Kier molecular flexibility index (Phi) is 6.74. The molecule has 0 bridgehead atoms. The first-order valence-electron chi connectivity index (χ1n) is 10.2. The maximum atomic E-state index is 10.0. The summed E-state index contributed by atoms with van der Waals surface area (Å²) in [5.74, 6) is 2.37. The van der Waals surface area contributed by atoms with Crippen LogP contribution >= 0.6 is 0 Å². The van der Waals surface area contributed by atoms with E-state index in [9.17, 15) is 5.11 Å². The summed E-state index contributed by atoms with van der Waals surface area (Å²) in [6, 6.07) is 16.3. The first-order valence-corrected chi connectivity index (χ1v) is 10.2. The first-order chi connectivity index (χ1) is 16.1. The lowest BCUT2D eigenvalue weighted by Crippen LogP contribution is -2.06. The van der Waals surface area contributed by atoms with Gasteiger partial charge in [-0.25, -0.2) is 0 Å². The van der Waals surface area contributed by atoms with E-state index in [0.717, 1.165) is 22.8 Å². The summed E-state index contributed by atoms with van der Waals surface area (Å²) in [4.78, 5) is 13.1. The molecule has 0 aliphatic heterocycles. The van der Waals surface area contributed by atoms with Crippen LogP contribution in [0.2, 0.25) is 0 Å². The number of aryl methyl sites for hydroxylation is 1. The number of aromatic hydroxyl groups is 1. The molecule has 2 aromatic heterocycles. The highest BCUT2D eigenvalue weighted by Gasteiger charge is 2.08. The Morgan fingerprint density at radius 2 is 1.85 bits per heavy atom. The van der Waals surface area contributed by atoms with Crippen molar-refractivity contribution in [3.05, 3.63) is 77.7 Å². The van der Waals surface area contributed by atoms with E-state index >= 15 is 0 Å². The molecule has 33 heavy (non-hydrogen) atoms. The summed E-state index contributed by atoms with van der Waals surface area (Å²) in [6.45, 7) is 2.53. The highest BCUT2D eigenvalue weighted by molar-refractivity contribution is 5.56. The van der Waals surface area contributed by atoms with E-state index in [1.165, 1.54) is 0 Å². The highest BCUT2D eigenvalue weighted by atomic mass is 16.5. The van der Waals surface area contributed by atoms with Crippen molar-refractivity contribution in [3.8, 4) is 11.5 Å². The fourth-order valence-electron chi connectivity index (χ4n) is 2.94. The Hall–Kier alpha value is -4.47. The molecular weight excluding hydrogens is 422 g/mol. The van der Waals surface area contributed by atoms with Crippen LogP contribution in [0.3, 0.4) is 0 Å². The Bertz CT molecular complexity index is 1230. The topological polar surface area (TPSA) is 130 Å². The summed E-state index contributed by atoms with van der Waals surface area (Å²) < 4.78 is 10.5. The second-order valence-electron chi connectivity index (χ2n) is 7.10. The van der Waals surface area contributed by atoms with Crippen molar-refractivity contribution < 1.29 is 14.3 Å². The van der Waals surface area contributed by atoms with E-state index < -0.39 is 0 Å². The van der Waals surface area contributed by atoms with Crippen LogP contribution in [0.4, 0.5) is 23.5 Å². The first kappa shape index (κ1) is 21.8. The average Bonchev–Trinajstić information content (AvgIpc) is 3.34. The van der Waals surface area contributed by atoms with Gasteiger partial charge in [0, 0.05) is 11.3 Å². The average molecular weight is 445 g/mol. The van der Waals surface area contributed by atoms with Gasteiger partial charge in [-0.1, -0.05) is 17.7 Å². The van der Waals surface area contributed by atoms with Gasteiger partial charge in [0.1, 0.15) is 17.3 Å². The third-order valence-electron chi connectivity index (χ3n) is 4.61. The molecule has 4 aromatic rings. The Morgan fingerprint density at radius 1 is 1.03 bits per heavy atom. The summed E-state index contributed by atoms with van der Waals surface area (Å²) in [6.07, 6.45) is 1.60. The van der Waals surface area contributed by atoms with Gasteiger partial charge in [0.2, 0.25) is 11.9 Å². The van der Waals surface area contributed by atoms with E-state index in [4.69, 9.17) is 9.15 Å². The number of hydrogen-bond acceptors (Lipinski definition) is 10. The van der Waals surface area contributed by atoms with Crippen LogP contribution in [0.1, 0.15) is 16.9 Å². The van der Waals surface area contributed by atoms with E-state index in [1.54, 1.807) is 25.5 Å². The zero-order chi connectivity index (χ0) is 23.0. The molecule has 0 spiro atoms. The standard InChI is InChI=1S/C23H23N7O3/c1-15-5-10-20(31)16(12-15)13-25-30-23-28-21(24-14-19-4-3-11-33-19)27-22(29-23)26-17-6-8-18(32-2)9-7-17/h3-12,31H,13-14H2,1-2H3,(H2,24,26,27,28,29). The molecule has 168 valence electrons. The zero-order valence-electron chi connectivity index (χ0n) is 18.2. The quantitative estimate of drug-likeness (QED) is 0.302. The summed E-state index contributed by atoms with van der Waals surface area (Å²) >= 11 is 0. The number of nitrogens with zero attached hydrogens (tertiary/aromatic N) is 5. The number of nitrogens with one attached hydrogen (secondary N) is 2. The monoisotopic (exact) mass is 445 g/mol. The van der Waals surface area contributed by atoms with Crippen molar-refractivity contribution in [1.29, 1.82) is 0 Å². The molecule has 0 fully saturated rings. The largest absolute Gasteiger partial charge is 0.508 e. The molecule has 0 radical (unpaired) electrons. The third-order valence-corrected chi connectivity index (χ3v) is 4.61. The second-order valence-corrected chi connectivity index (χ2v) is 7.10. The predicted octanol–water partition coefficient (Wildman–Crippen LogP) is 5.13. The van der Waals surface area contributed by atoms with Crippen molar-refractivity contribution >= 4 is 23.5 Å². The molecular formula is C23H23N7O3. The summed E-state index contributed by atoms with van der Waals surface area (Å²) in [7, 11) is 1.61. The molecule has 0 amide bonds. The smallest absolute Gasteiger partial charge is 0.275 e. The van der Waals surface area contributed by atoms with Gasteiger partial charge in [-0.05, 0) is 49.4 Å². The fourth-order valence-corrected chi connectivity index (χ4v) is 2.94. The number of phenolic OH excluding ortho intramolecular Hbond substituents is 1. The molecule has 10 heteroatoms. The Labute approximate surface area is 190 Å². The van der Waals surface area contributed by atoms with Crippen molar-refractivity contribution in [1.82, 2.24) is 15.0 Å². The van der Waals surface area contributed by atoms with Crippen LogP contribution in [0, 0.1) is 6.92 Å². The number of benzene rings is 2. The number of hydrogen-bond donors (Lipinski definition) is 3. The molecule has 10 nitrogen and oxygen atoms in total. The van der Waals surface area contributed by atoms with E-state index in [2.05, 4.69) is 35.8 Å². The lowest BCUT2D eigenvalue weighted by Gasteiger charge is -2.09. The van der Waals surface area contributed by atoms with Gasteiger partial charge in [0.05, 0.1) is 26.5 Å². The maximum absolute atomic E-state index is 10.0. The molecule has 0 atom stereocenters. The van der Waals surface area contributed by atoms with Crippen LogP contribution in [-0.2, 0) is 13.1 Å². The number of aromatic nitrogens is 3. The van der Waals surface area contributed by atoms with Crippen LogP contribution in [-0.4, -0.2) is 27.2 Å². The number of methoxy groups -OCH3 is 1. The Morgan fingerprint density at radius 3 is 2.61 bits per heavy atom. The van der Waals surface area contributed by atoms with Crippen LogP contribution in [0.25, 0.3) is 0 Å². The van der Waals surface area contributed by atoms with Gasteiger partial charge in [-0.2, -0.15) is 20.1 Å². The van der Waals surface area contributed by atoms with Crippen molar-refractivity contribution in [3.63, 3.8) is 0 Å². The van der Waals surface area contributed by atoms with Crippen molar-refractivity contribution in [2.24, 2.45) is 10.2 Å².